The van der Waals surface area contributed by atoms with Gasteiger partial charge < -0.3 is 10.1 Å². The van der Waals surface area contributed by atoms with Gasteiger partial charge in [0.1, 0.15) is 11.6 Å². The first-order valence-electron chi connectivity index (χ1n) is 8.89. The Morgan fingerprint density at radius 3 is 2.22 bits per heavy atom. The molecule has 27 heavy (non-hydrogen) atoms. The maximum absolute atomic E-state index is 12.3. The molecule has 1 amide bonds. The van der Waals surface area contributed by atoms with Crippen LogP contribution in [0.2, 0.25) is 0 Å². The third kappa shape index (κ3) is 6.40. The average molecular weight is 370 g/mol. The monoisotopic (exact) mass is 370 g/mol. The van der Waals surface area contributed by atoms with Gasteiger partial charge in [0.25, 0.3) is 0 Å². The van der Waals surface area contributed by atoms with Crippen LogP contribution in [0.5, 0.6) is 0 Å². The van der Waals surface area contributed by atoms with E-state index in [-0.39, 0.29) is 11.3 Å². The molecule has 2 aromatic rings. The Kier molecular flexibility index (Phi) is 6.55. The molecule has 0 aromatic heterocycles. The van der Waals surface area contributed by atoms with Gasteiger partial charge in [-0.1, -0.05) is 60.2 Å². The number of ether oxygens (including phenoxy) is 1. The van der Waals surface area contributed by atoms with E-state index < -0.39 is 23.8 Å². The van der Waals surface area contributed by atoms with Crippen molar-refractivity contribution in [1.29, 1.82) is 0 Å². The highest BCUT2D eigenvalue weighted by Crippen LogP contribution is 2.24. The molecule has 2 aromatic carbocycles. The zero-order valence-electron chi connectivity index (χ0n) is 16.1. The third-order valence-electron chi connectivity index (χ3n) is 4.05. The highest BCUT2D eigenvalue weighted by atomic mass is 16.6. The lowest BCUT2D eigenvalue weighted by atomic mass is 9.93. The third-order valence-corrected chi connectivity index (χ3v) is 4.05. The predicted octanol–water partition coefficient (Wildman–Crippen LogP) is 4.45. The molecule has 0 heterocycles. The number of carbonyl (C=O) groups is 1. The molecule has 2 rings (SSSR count). The summed E-state index contributed by atoms with van der Waals surface area (Å²) >= 11 is 0. The van der Waals surface area contributed by atoms with Crippen LogP contribution >= 0.6 is 0 Å². The van der Waals surface area contributed by atoms with Crippen LogP contribution in [0.4, 0.5) is 4.79 Å². The minimum atomic E-state index is -1.03. The first-order chi connectivity index (χ1) is 12.7. The number of rotatable bonds is 6. The Morgan fingerprint density at radius 2 is 1.70 bits per heavy atom. The Balaban J connectivity index is 2.34. The van der Waals surface area contributed by atoms with E-state index in [1.54, 1.807) is 32.9 Å². The summed E-state index contributed by atoms with van der Waals surface area (Å²) < 4.78 is 5.32. The molecule has 0 saturated carbocycles. The molecule has 0 saturated heterocycles. The van der Waals surface area contributed by atoms with Crippen LogP contribution in [0.15, 0.2) is 54.6 Å². The van der Waals surface area contributed by atoms with E-state index in [2.05, 4.69) is 5.32 Å². The van der Waals surface area contributed by atoms with Crippen LogP contribution in [0.1, 0.15) is 43.5 Å². The summed E-state index contributed by atoms with van der Waals surface area (Å²) in [4.78, 5) is 23.9. The Bertz CT molecular complexity index is 767. The minimum Gasteiger partial charge on any atom is -0.444 e. The quantitative estimate of drug-likeness (QED) is 0.602. The van der Waals surface area contributed by atoms with Gasteiger partial charge >= 0.3 is 6.09 Å². The topological polar surface area (TPSA) is 81.5 Å². The fourth-order valence-electron chi connectivity index (χ4n) is 2.78. The van der Waals surface area contributed by atoms with Crippen molar-refractivity contribution in [1.82, 2.24) is 5.32 Å². The molecule has 6 heteroatoms. The number of carbonyl (C=O) groups excluding carboxylic acids is 1. The summed E-state index contributed by atoms with van der Waals surface area (Å²) in [5.74, 6) is 0. The highest BCUT2D eigenvalue weighted by Gasteiger charge is 2.35. The first-order valence-corrected chi connectivity index (χ1v) is 8.89. The Hall–Kier alpha value is -2.89. The van der Waals surface area contributed by atoms with E-state index in [1.165, 1.54) is 0 Å². The second-order valence-corrected chi connectivity index (χ2v) is 7.58. The summed E-state index contributed by atoms with van der Waals surface area (Å²) in [6, 6.07) is 14.8. The van der Waals surface area contributed by atoms with Crippen LogP contribution in [0.3, 0.4) is 0 Å². The summed E-state index contributed by atoms with van der Waals surface area (Å²) in [7, 11) is 0. The first kappa shape index (κ1) is 20.4. The number of nitrogens with one attached hydrogen (secondary N) is 1. The SMILES string of the molecule is Cc1ccc([C@H](NC(=O)OC(C)(C)C)[C@H](Cc2ccccc2)[N+](=O)[O-])cc1. The number of alkyl carbamates (subject to hydrolysis) is 1. The molecule has 0 radical (unpaired) electrons. The van der Waals surface area contributed by atoms with Crippen molar-refractivity contribution in [3.05, 3.63) is 81.4 Å². The molecule has 0 bridgehead atoms. The zero-order valence-corrected chi connectivity index (χ0v) is 16.1. The van der Waals surface area contributed by atoms with Crippen LogP contribution < -0.4 is 5.32 Å². The maximum atomic E-state index is 12.3. The zero-order chi connectivity index (χ0) is 20.0. The molecule has 6 nitrogen and oxygen atoms in total. The standard InChI is InChI=1S/C21H26N2O4/c1-15-10-12-17(13-11-15)19(22-20(24)27-21(2,3)4)18(23(25)26)14-16-8-6-5-7-9-16/h5-13,18-19H,14H2,1-4H3,(H,22,24)/t18-,19-/m0/s1. The van der Waals surface area contributed by atoms with Gasteiger partial charge in [0, 0.05) is 11.3 Å². The number of benzene rings is 2. The van der Waals surface area contributed by atoms with Crippen molar-refractivity contribution in [2.24, 2.45) is 0 Å². The molecule has 0 unspecified atom stereocenters. The second kappa shape index (κ2) is 8.66. The number of amides is 1. The lowest BCUT2D eigenvalue weighted by Gasteiger charge is -2.26. The lowest BCUT2D eigenvalue weighted by Crippen LogP contribution is -2.43. The summed E-state index contributed by atoms with van der Waals surface area (Å²) in [6.45, 7) is 7.20. The fourth-order valence-corrected chi connectivity index (χ4v) is 2.78. The molecule has 0 fully saturated rings. The minimum absolute atomic E-state index is 0.197. The molecule has 0 spiro atoms. The molecule has 0 aliphatic heterocycles. The molecule has 0 aliphatic rings. The van der Waals surface area contributed by atoms with Crippen LogP contribution in [0, 0.1) is 17.0 Å². The number of hydrogen-bond acceptors (Lipinski definition) is 4. The highest BCUT2D eigenvalue weighted by molar-refractivity contribution is 5.68. The summed E-state index contributed by atoms with van der Waals surface area (Å²) in [5, 5.41) is 14.6. The predicted molar refractivity (Wildman–Crippen MR) is 104 cm³/mol. The number of nitro groups is 1. The van der Waals surface area contributed by atoms with Crippen molar-refractivity contribution >= 4 is 6.09 Å². The van der Waals surface area contributed by atoms with E-state index in [4.69, 9.17) is 4.74 Å². The van der Waals surface area contributed by atoms with Crippen LogP contribution in [0.25, 0.3) is 0 Å². The number of nitrogens with zero attached hydrogens (tertiary/aromatic N) is 1. The van der Waals surface area contributed by atoms with Gasteiger partial charge in [-0.15, -0.1) is 0 Å². The van der Waals surface area contributed by atoms with Crippen LogP contribution in [-0.4, -0.2) is 22.7 Å². The van der Waals surface area contributed by atoms with Gasteiger partial charge in [0.15, 0.2) is 0 Å². The summed E-state index contributed by atoms with van der Waals surface area (Å²) in [6.07, 6.45) is -0.477. The van der Waals surface area contributed by atoms with Crippen molar-refractivity contribution in [2.75, 3.05) is 0 Å². The molecule has 1 N–H and O–H groups in total. The van der Waals surface area contributed by atoms with Gasteiger partial charge in [0.05, 0.1) is 0 Å². The van der Waals surface area contributed by atoms with E-state index in [9.17, 15) is 14.9 Å². The normalized spacial score (nSPS) is 13.5. The van der Waals surface area contributed by atoms with Crippen molar-refractivity contribution in [2.45, 2.75) is 51.8 Å². The van der Waals surface area contributed by atoms with Crippen LogP contribution in [-0.2, 0) is 11.2 Å². The van der Waals surface area contributed by atoms with Crippen molar-refractivity contribution in [3.63, 3.8) is 0 Å². The van der Waals surface area contributed by atoms with Crippen molar-refractivity contribution in [3.8, 4) is 0 Å². The molecular weight excluding hydrogens is 344 g/mol. The van der Waals surface area contributed by atoms with E-state index in [0.717, 1.165) is 11.1 Å². The second-order valence-electron chi connectivity index (χ2n) is 7.58. The smallest absolute Gasteiger partial charge is 0.408 e. The fraction of sp³-hybridized carbons (Fsp3) is 0.381. The van der Waals surface area contributed by atoms with E-state index in [1.807, 2.05) is 49.4 Å². The number of aryl methyl sites for hydroxylation is 1. The summed E-state index contributed by atoms with van der Waals surface area (Å²) in [5.41, 5.74) is 1.85. The van der Waals surface area contributed by atoms with Crippen molar-refractivity contribution < 1.29 is 14.5 Å². The maximum Gasteiger partial charge on any atom is 0.408 e. The van der Waals surface area contributed by atoms with E-state index >= 15 is 0 Å². The lowest BCUT2D eigenvalue weighted by molar-refractivity contribution is -0.527. The van der Waals surface area contributed by atoms with Gasteiger partial charge in [-0.2, -0.15) is 0 Å². The van der Waals surface area contributed by atoms with Gasteiger partial charge in [-0.25, -0.2) is 4.79 Å². The Labute approximate surface area is 159 Å². The number of hydrogen-bond donors (Lipinski definition) is 1. The molecule has 0 aliphatic carbocycles. The van der Waals surface area contributed by atoms with Gasteiger partial charge in [-0.05, 0) is 38.8 Å². The molecule has 2 atom stereocenters. The van der Waals surface area contributed by atoms with Gasteiger partial charge in [0.2, 0.25) is 6.04 Å². The Morgan fingerprint density at radius 1 is 1.11 bits per heavy atom. The largest absolute Gasteiger partial charge is 0.444 e. The van der Waals surface area contributed by atoms with Gasteiger partial charge in [-0.3, -0.25) is 10.1 Å². The van der Waals surface area contributed by atoms with E-state index in [0.29, 0.717) is 5.56 Å². The molecule has 144 valence electrons. The average Bonchev–Trinajstić information content (AvgIpc) is 2.58. The molecular formula is C21H26N2O4.